The fraction of sp³-hybridized carbons (Fsp3) is 0.889. The number of nitrogens with zero attached hydrogens (tertiary/aromatic N) is 1. The summed E-state index contributed by atoms with van der Waals surface area (Å²) in [6, 6.07) is 0. The van der Waals surface area contributed by atoms with Gasteiger partial charge in [0.2, 0.25) is 0 Å². The number of carbonyl (C=O) groups excluding carboxylic acids is 1. The molecule has 0 aliphatic carbocycles. The van der Waals surface area contributed by atoms with E-state index in [1.165, 1.54) is 4.90 Å². The first-order valence-corrected chi connectivity index (χ1v) is 4.49. The summed E-state index contributed by atoms with van der Waals surface area (Å²) in [7, 11) is 0. The van der Waals surface area contributed by atoms with E-state index in [2.05, 4.69) is 0 Å². The van der Waals surface area contributed by atoms with Crippen LogP contribution in [-0.4, -0.2) is 30.3 Å². The Bertz CT molecular complexity index is 204. The quantitative estimate of drug-likeness (QED) is 0.620. The van der Waals surface area contributed by atoms with E-state index in [0.29, 0.717) is 13.1 Å². The maximum Gasteiger partial charge on any atom is 0.315 e. The highest BCUT2D eigenvalue weighted by molar-refractivity contribution is 5.79. The first-order chi connectivity index (χ1) is 5.92. The molecule has 0 unspecified atom stereocenters. The van der Waals surface area contributed by atoms with Crippen LogP contribution in [0.25, 0.3) is 0 Å². The summed E-state index contributed by atoms with van der Waals surface area (Å²) in [5.41, 5.74) is -0.0111. The number of piperidine rings is 1. The van der Waals surface area contributed by atoms with Crippen molar-refractivity contribution in [3.63, 3.8) is 0 Å². The van der Waals surface area contributed by atoms with Gasteiger partial charge in [-0.15, -0.1) is 0 Å². The lowest BCUT2D eigenvalue weighted by Crippen LogP contribution is -2.45. The summed E-state index contributed by atoms with van der Waals surface area (Å²) >= 11 is 0. The molecule has 1 saturated heterocycles. The molecule has 0 bridgehead atoms. The van der Waals surface area contributed by atoms with E-state index >= 15 is 0 Å². The topological polar surface area (TPSA) is 20.3 Å². The van der Waals surface area contributed by atoms with Crippen molar-refractivity contribution in [2.45, 2.75) is 33.1 Å². The highest BCUT2D eigenvalue weighted by Gasteiger charge is 2.32. The number of alkyl halides is 2. The minimum absolute atomic E-state index is 0.0111. The van der Waals surface area contributed by atoms with Crippen LogP contribution in [-0.2, 0) is 4.79 Å². The van der Waals surface area contributed by atoms with E-state index in [1.807, 2.05) is 13.8 Å². The Balaban J connectivity index is 2.57. The van der Waals surface area contributed by atoms with Crippen molar-refractivity contribution in [2.24, 2.45) is 5.41 Å². The monoisotopic (exact) mass is 191 g/mol. The van der Waals surface area contributed by atoms with Crippen molar-refractivity contribution in [3.05, 3.63) is 0 Å². The molecule has 1 aliphatic rings. The molecule has 0 radical (unpaired) electrons. The van der Waals surface area contributed by atoms with Crippen molar-refractivity contribution in [3.8, 4) is 0 Å². The van der Waals surface area contributed by atoms with Gasteiger partial charge in [0, 0.05) is 13.1 Å². The zero-order chi connectivity index (χ0) is 10.1. The predicted molar refractivity (Wildman–Crippen MR) is 45.6 cm³/mol. The number of hydrogen-bond donors (Lipinski definition) is 0. The van der Waals surface area contributed by atoms with Gasteiger partial charge in [0.05, 0.1) is 0 Å². The molecule has 1 rings (SSSR count). The normalized spacial score (nSPS) is 22.1. The molecule has 2 nitrogen and oxygen atoms in total. The average Bonchev–Trinajstić information content (AvgIpc) is 2.01. The molecule has 0 spiro atoms. The van der Waals surface area contributed by atoms with Crippen LogP contribution < -0.4 is 0 Å². The molecule has 76 valence electrons. The van der Waals surface area contributed by atoms with Crippen LogP contribution in [0.3, 0.4) is 0 Å². The Morgan fingerprint density at radius 1 is 1.46 bits per heavy atom. The Morgan fingerprint density at radius 2 is 2.08 bits per heavy atom. The largest absolute Gasteiger partial charge is 0.337 e. The maximum atomic E-state index is 12.1. The summed E-state index contributed by atoms with van der Waals surface area (Å²) in [6.45, 7) is 4.93. The first-order valence-electron chi connectivity index (χ1n) is 4.49. The van der Waals surface area contributed by atoms with Gasteiger partial charge in [-0.3, -0.25) is 4.79 Å². The maximum absolute atomic E-state index is 12.1. The molecule has 1 amide bonds. The van der Waals surface area contributed by atoms with Crippen molar-refractivity contribution in [1.29, 1.82) is 0 Å². The van der Waals surface area contributed by atoms with Gasteiger partial charge in [-0.2, -0.15) is 8.78 Å². The Morgan fingerprint density at radius 3 is 2.54 bits per heavy atom. The molecule has 1 heterocycles. The molecule has 13 heavy (non-hydrogen) atoms. The van der Waals surface area contributed by atoms with Gasteiger partial charge in [-0.05, 0) is 18.3 Å². The molecule has 1 aliphatic heterocycles. The summed E-state index contributed by atoms with van der Waals surface area (Å²) in [4.78, 5) is 12.2. The molecule has 1 fully saturated rings. The highest BCUT2D eigenvalue weighted by Crippen LogP contribution is 2.28. The van der Waals surface area contributed by atoms with Crippen molar-refractivity contribution in [1.82, 2.24) is 4.90 Å². The molecule has 0 aromatic carbocycles. The molecule has 4 heteroatoms. The van der Waals surface area contributed by atoms with E-state index in [-0.39, 0.29) is 5.41 Å². The predicted octanol–water partition coefficient (Wildman–Crippen LogP) is 1.90. The summed E-state index contributed by atoms with van der Waals surface area (Å²) < 4.78 is 24.1. The van der Waals surface area contributed by atoms with Gasteiger partial charge in [0.1, 0.15) is 0 Å². The third-order valence-electron chi connectivity index (χ3n) is 2.40. The fourth-order valence-electron chi connectivity index (χ4n) is 1.75. The molecule has 0 saturated carbocycles. The fourth-order valence-corrected chi connectivity index (χ4v) is 1.75. The zero-order valence-electron chi connectivity index (χ0n) is 8.02. The van der Waals surface area contributed by atoms with Crippen LogP contribution in [0.2, 0.25) is 0 Å². The molecule has 0 aromatic rings. The lowest BCUT2D eigenvalue weighted by molar-refractivity contribution is -0.145. The average molecular weight is 191 g/mol. The lowest BCUT2D eigenvalue weighted by atomic mass is 9.84. The minimum atomic E-state index is -2.85. The third kappa shape index (κ3) is 2.64. The number of carbonyl (C=O) groups is 1. The number of amides is 1. The van der Waals surface area contributed by atoms with Gasteiger partial charge in [0.25, 0.3) is 5.91 Å². The van der Waals surface area contributed by atoms with Crippen molar-refractivity contribution >= 4 is 5.91 Å². The zero-order valence-corrected chi connectivity index (χ0v) is 8.02. The van der Waals surface area contributed by atoms with Crippen molar-refractivity contribution in [2.75, 3.05) is 13.1 Å². The highest BCUT2D eigenvalue weighted by atomic mass is 19.3. The molecular formula is C9H15F2NO. The summed E-state index contributed by atoms with van der Waals surface area (Å²) in [5.74, 6) is -1.02. The van der Waals surface area contributed by atoms with E-state index in [0.717, 1.165) is 12.8 Å². The van der Waals surface area contributed by atoms with Gasteiger partial charge in [-0.25, -0.2) is 0 Å². The van der Waals surface area contributed by atoms with Crippen LogP contribution in [0.5, 0.6) is 0 Å². The summed E-state index contributed by atoms with van der Waals surface area (Å²) in [5, 5.41) is 0. The van der Waals surface area contributed by atoms with Crippen LogP contribution in [0.15, 0.2) is 0 Å². The molecule has 0 N–H and O–H groups in total. The Hall–Kier alpha value is -0.670. The number of likely N-dealkylation sites (tertiary alicyclic amines) is 1. The van der Waals surface area contributed by atoms with E-state index < -0.39 is 12.3 Å². The number of halogens is 2. The second kappa shape index (κ2) is 3.60. The van der Waals surface area contributed by atoms with Gasteiger partial charge < -0.3 is 4.90 Å². The number of hydrogen-bond acceptors (Lipinski definition) is 1. The van der Waals surface area contributed by atoms with Crippen LogP contribution in [0, 0.1) is 5.41 Å². The van der Waals surface area contributed by atoms with Crippen LogP contribution >= 0.6 is 0 Å². The van der Waals surface area contributed by atoms with E-state index in [9.17, 15) is 13.6 Å². The second-order valence-corrected chi connectivity index (χ2v) is 4.33. The number of rotatable bonds is 1. The smallest absolute Gasteiger partial charge is 0.315 e. The van der Waals surface area contributed by atoms with Crippen LogP contribution in [0.4, 0.5) is 8.78 Å². The van der Waals surface area contributed by atoms with Crippen molar-refractivity contribution < 1.29 is 13.6 Å². The van der Waals surface area contributed by atoms with Gasteiger partial charge in [-0.1, -0.05) is 13.8 Å². The second-order valence-electron chi connectivity index (χ2n) is 4.33. The minimum Gasteiger partial charge on any atom is -0.337 e. The first kappa shape index (κ1) is 10.4. The molecule has 0 aromatic heterocycles. The third-order valence-corrected chi connectivity index (χ3v) is 2.40. The van der Waals surface area contributed by atoms with E-state index in [1.54, 1.807) is 0 Å². The summed E-state index contributed by atoms with van der Waals surface area (Å²) in [6.07, 6.45) is -1.03. The Kier molecular flexibility index (Phi) is 2.88. The van der Waals surface area contributed by atoms with Gasteiger partial charge in [0.15, 0.2) is 0 Å². The van der Waals surface area contributed by atoms with Gasteiger partial charge >= 0.3 is 6.43 Å². The Labute approximate surface area is 76.9 Å². The molecular weight excluding hydrogens is 176 g/mol. The van der Waals surface area contributed by atoms with E-state index in [4.69, 9.17) is 0 Å². The molecule has 0 atom stereocenters. The standard InChI is InChI=1S/C9H15F2NO/c1-9(2)4-3-5-12(6-9)8(13)7(10)11/h7H,3-6H2,1-2H3. The van der Waals surface area contributed by atoms with Crippen LogP contribution in [0.1, 0.15) is 26.7 Å². The SMILES string of the molecule is CC1(C)CCCN(C(=O)C(F)F)C1. The lowest BCUT2D eigenvalue weighted by Gasteiger charge is -2.37.